The summed E-state index contributed by atoms with van der Waals surface area (Å²) in [5, 5.41) is 10.6. The number of benzene rings is 1. The average Bonchev–Trinajstić information content (AvgIpc) is 2.82. The van der Waals surface area contributed by atoms with Gasteiger partial charge in [0.2, 0.25) is 0 Å². The maximum Gasteiger partial charge on any atom is 0.340 e. The largest absolute Gasteiger partial charge is 0.508 e. The maximum atomic E-state index is 12.4. The fourth-order valence-electron chi connectivity index (χ4n) is 3.34. The second-order valence-electron chi connectivity index (χ2n) is 6.41. The molecule has 24 heavy (non-hydrogen) atoms. The average molecular weight is 331 g/mol. The van der Waals surface area contributed by atoms with Gasteiger partial charge in [0.15, 0.2) is 0 Å². The van der Waals surface area contributed by atoms with E-state index >= 15 is 0 Å². The Morgan fingerprint density at radius 1 is 1.29 bits per heavy atom. The van der Waals surface area contributed by atoms with Gasteiger partial charge in [-0.05, 0) is 44.4 Å². The van der Waals surface area contributed by atoms with Crippen molar-refractivity contribution >= 4 is 16.9 Å². The molecule has 1 aromatic carbocycles. The Balaban J connectivity index is 2.49. The fraction of sp³-hybridized carbons (Fsp3) is 0.550. The number of aromatic hydroxyl groups is 1. The van der Waals surface area contributed by atoms with E-state index in [1.54, 1.807) is 12.1 Å². The van der Waals surface area contributed by atoms with Gasteiger partial charge >= 0.3 is 5.97 Å². The van der Waals surface area contributed by atoms with Crippen LogP contribution in [-0.2, 0) is 11.3 Å². The van der Waals surface area contributed by atoms with Gasteiger partial charge in [0.25, 0.3) is 0 Å². The monoisotopic (exact) mass is 331 g/mol. The van der Waals surface area contributed by atoms with Crippen LogP contribution in [0.4, 0.5) is 0 Å². The third-order valence-corrected chi connectivity index (χ3v) is 4.77. The summed E-state index contributed by atoms with van der Waals surface area (Å²) in [6.45, 7) is 9.45. The zero-order valence-corrected chi connectivity index (χ0v) is 15.3. The topological polar surface area (TPSA) is 51.5 Å². The molecule has 4 heteroatoms. The Kier molecular flexibility index (Phi) is 6.29. The van der Waals surface area contributed by atoms with E-state index in [4.69, 9.17) is 4.74 Å². The number of rotatable bonds is 8. The Hall–Kier alpha value is -1.97. The number of fused-ring (bicyclic) bond motifs is 1. The molecule has 0 fully saturated rings. The number of esters is 1. The van der Waals surface area contributed by atoms with Gasteiger partial charge in [-0.1, -0.05) is 33.1 Å². The molecule has 1 aromatic heterocycles. The number of phenolic OH excluding ortho intramolecular Hbond substituents is 1. The molecule has 1 unspecified atom stereocenters. The van der Waals surface area contributed by atoms with Crippen LogP contribution in [0, 0.1) is 12.8 Å². The summed E-state index contributed by atoms with van der Waals surface area (Å²) < 4.78 is 7.45. The van der Waals surface area contributed by atoms with E-state index in [9.17, 15) is 9.90 Å². The van der Waals surface area contributed by atoms with Crippen LogP contribution in [0.25, 0.3) is 10.9 Å². The van der Waals surface area contributed by atoms with Crippen LogP contribution >= 0.6 is 0 Å². The molecule has 0 saturated heterocycles. The van der Waals surface area contributed by atoms with Gasteiger partial charge in [-0.3, -0.25) is 0 Å². The van der Waals surface area contributed by atoms with Crippen molar-refractivity contribution in [2.45, 2.75) is 59.9 Å². The van der Waals surface area contributed by atoms with Crippen LogP contribution in [0.3, 0.4) is 0 Å². The normalized spacial score (nSPS) is 12.5. The van der Waals surface area contributed by atoms with Crippen molar-refractivity contribution in [1.29, 1.82) is 0 Å². The lowest BCUT2D eigenvalue weighted by Gasteiger charge is -2.18. The van der Waals surface area contributed by atoms with Crippen molar-refractivity contribution in [2.24, 2.45) is 5.92 Å². The number of ether oxygens (including phenoxy) is 1. The Labute approximate surface area is 144 Å². The fourth-order valence-corrected chi connectivity index (χ4v) is 3.34. The molecule has 4 nitrogen and oxygen atoms in total. The molecule has 0 aliphatic carbocycles. The van der Waals surface area contributed by atoms with Crippen LogP contribution in [0.5, 0.6) is 5.75 Å². The first kappa shape index (κ1) is 18.4. The number of hydrogen-bond acceptors (Lipinski definition) is 3. The van der Waals surface area contributed by atoms with E-state index in [0.29, 0.717) is 18.1 Å². The molecule has 0 spiro atoms. The first-order valence-electron chi connectivity index (χ1n) is 9.02. The highest BCUT2D eigenvalue weighted by Crippen LogP contribution is 2.31. The molecule has 0 bridgehead atoms. The molecule has 0 radical (unpaired) electrons. The zero-order valence-electron chi connectivity index (χ0n) is 15.3. The molecule has 1 heterocycles. The lowest BCUT2D eigenvalue weighted by Crippen LogP contribution is -2.13. The van der Waals surface area contributed by atoms with Crippen molar-refractivity contribution in [3.05, 3.63) is 29.5 Å². The van der Waals surface area contributed by atoms with Crippen LogP contribution in [0.15, 0.2) is 18.2 Å². The smallest absolute Gasteiger partial charge is 0.340 e. The number of carbonyl (C=O) groups is 1. The van der Waals surface area contributed by atoms with Gasteiger partial charge in [-0.25, -0.2) is 4.79 Å². The number of carbonyl (C=O) groups excluding carboxylic acids is 1. The second kappa shape index (κ2) is 8.22. The summed E-state index contributed by atoms with van der Waals surface area (Å²) in [5.74, 6) is 0.442. The van der Waals surface area contributed by atoms with E-state index in [-0.39, 0.29) is 11.7 Å². The Bertz CT molecular complexity index is 702. The van der Waals surface area contributed by atoms with Crippen LogP contribution in [-0.4, -0.2) is 22.2 Å². The van der Waals surface area contributed by atoms with Gasteiger partial charge in [-0.15, -0.1) is 0 Å². The van der Waals surface area contributed by atoms with Gasteiger partial charge < -0.3 is 14.4 Å². The highest BCUT2D eigenvalue weighted by Gasteiger charge is 2.22. The molecule has 1 atom stereocenters. The van der Waals surface area contributed by atoms with E-state index < -0.39 is 0 Å². The van der Waals surface area contributed by atoms with Gasteiger partial charge in [0.1, 0.15) is 5.75 Å². The molecule has 2 aromatic rings. The van der Waals surface area contributed by atoms with Gasteiger partial charge in [0, 0.05) is 23.1 Å². The number of phenols is 1. The van der Waals surface area contributed by atoms with Gasteiger partial charge in [0.05, 0.1) is 12.2 Å². The third kappa shape index (κ3) is 3.74. The van der Waals surface area contributed by atoms with E-state index in [2.05, 4.69) is 18.4 Å². The molecule has 0 saturated carbocycles. The first-order valence-corrected chi connectivity index (χ1v) is 9.02. The molecule has 0 amide bonds. The minimum absolute atomic E-state index is 0.170. The summed E-state index contributed by atoms with van der Waals surface area (Å²) in [6.07, 6.45) is 4.73. The summed E-state index contributed by atoms with van der Waals surface area (Å²) in [7, 11) is 0. The molecule has 0 aliphatic rings. The molecule has 132 valence electrons. The number of nitrogens with zero attached hydrogens (tertiary/aromatic N) is 1. The minimum Gasteiger partial charge on any atom is -0.508 e. The van der Waals surface area contributed by atoms with Crippen molar-refractivity contribution in [3.8, 4) is 5.75 Å². The highest BCUT2D eigenvalue weighted by atomic mass is 16.5. The zero-order chi connectivity index (χ0) is 17.7. The number of hydrogen-bond donors (Lipinski definition) is 1. The maximum absolute atomic E-state index is 12.4. The second-order valence-corrected chi connectivity index (χ2v) is 6.41. The summed E-state index contributed by atoms with van der Waals surface area (Å²) in [6, 6.07) is 5.24. The van der Waals surface area contributed by atoms with Gasteiger partial charge in [-0.2, -0.15) is 0 Å². The van der Waals surface area contributed by atoms with E-state index in [1.165, 1.54) is 19.3 Å². The number of aromatic nitrogens is 1. The standard InChI is InChI=1S/C20H29NO3/c1-5-8-9-15(6-2)13-21-14(4)19(20(23)24-7-3)17-12-16(22)10-11-18(17)21/h10-12,15,22H,5-9,13H2,1-4H3. The lowest BCUT2D eigenvalue weighted by molar-refractivity contribution is 0.0527. The first-order chi connectivity index (χ1) is 11.5. The van der Waals surface area contributed by atoms with Crippen molar-refractivity contribution in [3.63, 3.8) is 0 Å². The molecular formula is C20H29NO3. The van der Waals surface area contributed by atoms with Crippen molar-refractivity contribution in [1.82, 2.24) is 4.57 Å². The summed E-state index contributed by atoms with van der Waals surface area (Å²) in [5.41, 5.74) is 2.49. The predicted molar refractivity (Wildman–Crippen MR) is 97.6 cm³/mol. The third-order valence-electron chi connectivity index (χ3n) is 4.77. The Morgan fingerprint density at radius 3 is 2.67 bits per heavy atom. The Morgan fingerprint density at radius 2 is 2.04 bits per heavy atom. The predicted octanol–water partition coefficient (Wildman–Crippen LogP) is 5.05. The van der Waals surface area contributed by atoms with Crippen LogP contribution < -0.4 is 0 Å². The van der Waals surface area contributed by atoms with Crippen LogP contribution in [0.1, 0.15) is 62.5 Å². The molecule has 2 rings (SSSR count). The van der Waals surface area contributed by atoms with Crippen LogP contribution in [0.2, 0.25) is 0 Å². The number of unbranched alkanes of at least 4 members (excludes halogenated alkanes) is 1. The summed E-state index contributed by atoms with van der Waals surface area (Å²) in [4.78, 5) is 12.4. The quantitative estimate of drug-likeness (QED) is 0.689. The van der Waals surface area contributed by atoms with Crippen molar-refractivity contribution < 1.29 is 14.6 Å². The lowest BCUT2D eigenvalue weighted by atomic mass is 9.99. The summed E-state index contributed by atoms with van der Waals surface area (Å²) >= 11 is 0. The molecule has 0 aliphatic heterocycles. The van der Waals surface area contributed by atoms with E-state index in [1.807, 2.05) is 19.9 Å². The SMILES string of the molecule is CCCCC(CC)Cn1c(C)c(C(=O)OCC)c2cc(O)ccc21. The highest BCUT2D eigenvalue weighted by molar-refractivity contribution is 6.06. The minimum atomic E-state index is -0.314. The molecular weight excluding hydrogens is 302 g/mol. The van der Waals surface area contributed by atoms with Crippen molar-refractivity contribution in [2.75, 3.05) is 6.61 Å². The van der Waals surface area contributed by atoms with E-state index in [0.717, 1.165) is 29.6 Å². The molecule has 1 N–H and O–H groups in total.